The average Bonchev–Trinajstić information content (AvgIpc) is 3.16. The molecule has 2 aliphatic carbocycles. The highest BCUT2D eigenvalue weighted by Crippen LogP contribution is 2.58. The van der Waals surface area contributed by atoms with Gasteiger partial charge in [0.25, 0.3) is 0 Å². The minimum atomic E-state index is 0.0850. The molecule has 2 aliphatic rings. The fourth-order valence-electron chi connectivity index (χ4n) is 6.34. The van der Waals surface area contributed by atoms with Crippen LogP contribution in [0.2, 0.25) is 0 Å². The number of hydrogen-bond acceptors (Lipinski definition) is 0. The first-order valence-corrected chi connectivity index (χ1v) is 13.0. The van der Waals surface area contributed by atoms with Crippen LogP contribution < -0.4 is 0 Å². The van der Waals surface area contributed by atoms with Crippen molar-refractivity contribution in [1.82, 2.24) is 0 Å². The van der Waals surface area contributed by atoms with Gasteiger partial charge in [-0.15, -0.1) is 13.2 Å². The lowest BCUT2D eigenvalue weighted by Gasteiger charge is -2.35. The molecule has 3 aromatic rings. The maximum Gasteiger partial charge on any atom is 0.0218 e. The van der Waals surface area contributed by atoms with Crippen molar-refractivity contribution in [3.63, 3.8) is 0 Å². The van der Waals surface area contributed by atoms with Gasteiger partial charge in [-0.3, -0.25) is 0 Å². The van der Waals surface area contributed by atoms with E-state index < -0.39 is 0 Å². The Morgan fingerprint density at radius 1 is 0.800 bits per heavy atom. The molecule has 1 spiro atoms. The first-order chi connectivity index (χ1) is 17.2. The van der Waals surface area contributed by atoms with E-state index in [2.05, 4.69) is 100.0 Å². The summed E-state index contributed by atoms with van der Waals surface area (Å²) in [4.78, 5) is 0. The van der Waals surface area contributed by atoms with E-state index >= 15 is 0 Å². The lowest BCUT2D eigenvalue weighted by atomic mass is 9.68. The van der Waals surface area contributed by atoms with Crippen LogP contribution in [-0.4, -0.2) is 0 Å². The molecule has 0 saturated heterocycles. The van der Waals surface area contributed by atoms with Gasteiger partial charge in [-0.05, 0) is 81.3 Å². The monoisotopic (exact) mass is 458 g/mol. The van der Waals surface area contributed by atoms with Gasteiger partial charge in [0.05, 0.1) is 0 Å². The van der Waals surface area contributed by atoms with Crippen molar-refractivity contribution in [2.45, 2.75) is 57.3 Å². The Balaban J connectivity index is 0.00000141. The standard InChI is InChI=1S/C33H34.C2H4/c1-4-6-10-17-28-31-29-23-26-16-12-11-15-25(26)22-27(29)18-19-30(31)33(32(28)24(3)5-2)20-13-8-7-9-14-21-33;1-2/h4-6,10-12,15-19,22-23H,1-2,7-9,13-14,20-21H2,3H3;1-2H2/b10-6+,28-17-,32-24-;. The Labute approximate surface area is 211 Å². The molecule has 0 nitrogen and oxygen atoms in total. The Morgan fingerprint density at radius 3 is 2.11 bits per heavy atom. The predicted molar refractivity (Wildman–Crippen MR) is 157 cm³/mol. The van der Waals surface area contributed by atoms with E-state index in [0.29, 0.717) is 0 Å². The number of rotatable bonds is 3. The summed E-state index contributed by atoms with van der Waals surface area (Å²) < 4.78 is 0. The summed E-state index contributed by atoms with van der Waals surface area (Å²) in [5.74, 6) is 0. The van der Waals surface area contributed by atoms with E-state index in [1.165, 1.54) is 94.3 Å². The minimum Gasteiger partial charge on any atom is -0.106 e. The molecule has 0 N–H and O–H groups in total. The van der Waals surface area contributed by atoms with Gasteiger partial charge < -0.3 is 0 Å². The number of allylic oxidation sites excluding steroid dienone is 8. The van der Waals surface area contributed by atoms with Crippen LogP contribution in [0.1, 0.15) is 63.0 Å². The van der Waals surface area contributed by atoms with E-state index in [4.69, 9.17) is 0 Å². The molecule has 0 heterocycles. The zero-order valence-corrected chi connectivity index (χ0v) is 21.3. The van der Waals surface area contributed by atoms with Gasteiger partial charge in [-0.2, -0.15) is 0 Å². The van der Waals surface area contributed by atoms with Gasteiger partial charge in [-0.25, -0.2) is 0 Å². The summed E-state index contributed by atoms with van der Waals surface area (Å²) in [7, 11) is 0. The highest BCUT2D eigenvalue weighted by molar-refractivity contribution is 6.08. The molecular formula is C35H38. The maximum absolute atomic E-state index is 4.20. The average molecular weight is 459 g/mol. The van der Waals surface area contributed by atoms with Gasteiger partial charge in [-0.1, -0.05) is 112 Å². The molecular weight excluding hydrogens is 420 g/mol. The summed E-state index contributed by atoms with van der Waals surface area (Å²) >= 11 is 0. The van der Waals surface area contributed by atoms with Crippen LogP contribution in [-0.2, 0) is 5.41 Å². The molecule has 0 unspecified atom stereocenters. The number of fused-ring (bicyclic) bond motifs is 5. The van der Waals surface area contributed by atoms with Gasteiger partial charge in [0, 0.05) is 5.41 Å². The molecule has 0 aliphatic heterocycles. The Kier molecular flexibility index (Phi) is 7.71. The third-order valence-corrected chi connectivity index (χ3v) is 7.84. The molecule has 0 amide bonds. The van der Waals surface area contributed by atoms with E-state index in [0.717, 1.165) is 0 Å². The van der Waals surface area contributed by atoms with Crippen LogP contribution in [0.4, 0.5) is 0 Å². The van der Waals surface area contributed by atoms with Gasteiger partial charge in [0.15, 0.2) is 0 Å². The molecule has 178 valence electrons. The molecule has 1 fully saturated rings. The van der Waals surface area contributed by atoms with E-state index in [1.54, 1.807) is 0 Å². The second kappa shape index (κ2) is 10.9. The Hall–Kier alpha value is -3.38. The minimum absolute atomic E-state index is 0.0850. The lowest BCUT2D eigenvalue weighted by Crippen LogP contribution is -2.27. The van der Waals surface area contributed by atoms with Crippen LogP contribution in [0.5, 0.6) is 0 Å². The zero-order chi connectivity index (χ0) is 24.8. The first kappa shape index (κ1) is 24.7. The van der Waals surface area contributed by atoms with Crippen molar-refractivity contribution in [3.8, 4) is 0 Å². The van der Waals surface area contributed by atoms with Crippen molar-refractivity contribution >= 4 is 27.1 Å². The third-order valence-electron chi connectivity index (χ3n) is 7.84. The quantitative estimate of drug-likeness (QED) is 0.208. The summed E-state index contributed by atoms with van der Waals surface area (Å²) in [5.41, 5.74) is 7.25. The summed E-state index contributed by atoms with van der Waals surface area (Å²) in [5, 5.41) is 5.31. The zero-order valence-electron chi connectivity index (χ0n) is 21.3. The Bertz CT molecular complexity index is 1330. The summed E-state index contributed by atoms with van der Waals surface area (Å²) in [6.45, 7) is 16.3. The second-order valence-corrected chi connectivity index (χ2v) is 9.72. The number of benzene rings is 3. The maximum atomic E-state index is 4.20. The molecule has 0 radical (unpaired) electrons. The highest BCUT2D eigenvalue weighted by atomic mass is 14.5. The summed E-state index contributed by atoms with van der Waals surface area (Å²) in [6, 6.07) is 18.3. The van der Waals surface area contributed by atoms with Crippen LogP contribution in [0.15, 0.2) is 116 Å². The fraction of sp³-hybridized carbons (Fsp3) is 0.257. The molecule has 0 atom stereocenters. The van der Waals surface area contributed by atoms with Crippen molar-refractivity contribution in [3.05, 3.63) is 127 Å². The molecule has 3 aromatic carbocycles. The number of hydrogen-bond donors (Lipinski definition) is 0. The fourth-order valence-corrected chi connectivity index (χ4v) is 6.34. The van der Waals surface area contributed by atoms with E-state index in [9.17, 15) is 0 Å². The third kappa shape index (κ3) is 4.39. The van der Waals surface area contributed by atoms with Crippen molar-refractivity contribution in [2.75, 3.05) is 0 Å². The molecule has 0 heteroatoms. The van der Waals surface area contributed by atoms with Gasteiger partial charge >= 0.3 is 0 Å². The Morgan fingerprint density at radius 2 is 1.46 bits per heavy atom. The topological polar surface area (TPSA) is 0 Å². The normalized spacial score (nSPS) is 19.7. The molecule has 35 heavy (non-hydrogen) atoms. The van der Waals surface area contributed by atoms with Crippen molar-refractivity contribution in [2.24, 2.45) is 0 Å². The summed E-state index contributed by atoms with van der Waals surface area (Å²) in [6.07, 6.45) is 19.5. The van der Waals surface area contributed by atoms with E-state index in [-0.39, 0.29) is 5.41 Å². The SMILES string of the molecule is C=C.C=C/C=C/C=C1\C(=C(/C)C=C)C2(CCCCCCC2)c2ccc3cc4ccccc4cc3c21. The van der Waals surface area contributed by atoms with Gasteiger partial charge in [0.1, 0.15) is 0 Å². The highest BCUT2D eigenvalue weighted by Gasteiger charge is 2.46. The molecule has 5 rings (SSSR count). The first-order valence-electron chi connectivity index (χ1n) is 13.0. The smallest absolute Gasteiger partial charge is 0.0218 e. The largest absolute Gasteiger partial charge is 0.106 e. The molecule has 0 bridgehead atoms. The molecule has 1 saturated carbocycles. The van der Waals surface area contributed by atoms with Crippen molar-refractivity contribution < 1.29 is 0 Å². The van der Waals surface area contributed by atoms with Crippen LogP contribution >= 0.6 is 0 Å². The van der Waals surface area contributed by atoms with Crippen LogP contribution in [0.3, 0.4) is 0 Å². The van der Waals surface area contributed by atoms with E-state index in [1.807, 2.05) is 12.2 Å². The molecule has 0 aromatic heterocycles. The van der Waals surface area contributed by atoms with Crippen molar-refractivity contribution in [1.29, 1.82) is 0 Å². The van der Waals surface area contributed by atoms with Crippen LogP contribution in [0, 0.1) is 0 Å². The van der Waals surface area contributed by atoms with Gasteiger partial charge in [0.2, 0.25) is 0 Å². The second-order valence-electron chi connectivity index (χ2n) is 9.72. The van der Waals surface area contributed by atoms with Crippen LogP contribution in [0.25, 0.3) is 27.1 Å². The lowest BCUT2D eigenvalue weighted by molar-refractivity contribution is 0.372. The predicted octanol–water partition coefficient (Wildman–Crippen LogP) is 10.4.